The molecule has 0 spiro atoms. The molecule has 1 heterocycles. The van der Waals surface area contributed by atoms with E-state index in [1.807, 2.05) is 6.92 Å². The molecule has 0 aromatic rings. The minimum absolute atomic E-state index is 0.405. The van der Waals surface area contributed by atoms with Crippen LogP contribution in [-0.4, -0.2) is 30.6 Å². The van der Waals surface area contributed by atoms with Gasteiger partial charge in [0.1, 0.15) is 0 Å². The lowest BCUT2D eigenvalue weighted by Gasteiger charge is -2.22. The normalized spacial score (nSPS) is 34.3. The number of sulfonamides is 1. The summed E-state index contributed by atoms with van der Waals surface area (Å²) in [6, 6.07) is 0. The van der Waals surface area contributed by atoms with E-state index in [-0.39, 0.29) is 0 Å². The predicted octanol–water partition coefficient (Wildman–Crippen LogP) is 2.38. The fraction of sp³-hybridized carbons (Fsp3) is 1.00. The molecule has 4 heteroatoms. The monoisotopic (exact) mass is 257 g/mol. The largest absolute Gasteiger partial charge is 0.219 e. The highest BCUT2D eigenvalue weighted by molar-refractivity contribution is 7.90. The van der Waals surface area contributed by atoms with Crippen LogP contribution in [0.4, 0.5) is 0 Å². The van der Waals surface area contributed by atoms with Crippen LogP contribution in [0.15, 0.2) is 0 Å². The summed E-state index contributed by atoms with van der Waals surface area (Å²) in [6.45, 7) is 3.49. The quantitative estimate of drug-likeness (QED) is 0.778. The van der Waals surface area contributed by atoms with Crippen LogP contribution < -0.4 is 0 Å². The molecule has 0 radical (unpaired) electrons. The first-order valence-electron chi connectivity index (χ1n) is 7.03. The lowest BCUT2D eigenvalue weighted by atomic mass is 9.90. The highest BCUT2D eigenvalue weighted by Crippen LogP contribution is 2.46. The van der Waals surface area contributed by atoms with Gasteiger partial charge < -0.3 is 0 Å². The van der Waals surface area contributed by atoms with Gasteiger partial charge in [-0.2, -0.15) is 0 Å². The molecular weight excluding hydrogens is 234 g/mol. The van der Waals surface area contributed by atoms with E-state index in [9.17, 15) is 8.42 Å². The van der Waals surface area contributed by atoms with Gasteiger partial charge in [-0.25, -0.2) is 12.7 Å². The molecular formula is C13H23NO2S. The maximum atomic E-state index is 12.4. The standard InChI is InChI=1S/C13H23NO2S/c1-13(7-8-13)17(15,16)14-9-6-12(10-14)11-4-2-3-5-11/h11-12H,2-10H2,1H3. The van der Waals surface area contributed by atoms with Crippen molar-refractivity contribution in [3.8, 4) is 0 Å². The Labute approximate surface area is 105 Å². The van der Waals surface area contributed by atoms with Crippen molar-refractivity contribution in [2.24, 2.45) is 11.8 Å². The SMILES string of the molecule is CC1(S(=O)(=O)N2CCC(C3CCCC3)C2)CC1. The molecule has 0 N–H and O–H groups in total. The summed E-state index contributed by atoms with van der Waals surface area (Å²) in [7, 11) is -2.99. The van der Waals surface area contributed by atoms with Gasteiger partial charge in [-0.1, -0.05) is 25.7 Å². The zero-order valence-electron chi connectivity index (χ0n) is 10.7. The topological polar surface area (TPSA) is 37.4 Å². The Morgan fingerprint density at radius 2 is 1.71 bits per heavy atom. The van der Waals surface area contributed by atoms with Crippen molar-refractivity contribution >= 4 is 10.0 Å². The molecule has 98 valence electrons. The van der Waals surface area contributed by atoms with Crippen LogP contribution in [0.2, 0.25) is 0 Å². The molecule has 0 aromatic heterocycles. The highest BCUT2D eigenvalue weighted by Gasteiger charge is 2.54. The molecule has 2 saturated carbocycles. The van der Waals surface area contributed by atoms with Crippen LogP contribution in [0.5, 0.6) is 0 Å². The number of rotatable bonds is 3. The Balaban J connectivity index is 1.67. The van der Waals surface area contributed by atoms with Crippen LogP contribution >= 0.6 is 0 Å². The maximum absolute atomic E-state index is 12.4. The molecule has 0 aromatic carbocycles. The van der Waals surface area contributed by atoms with E-state index in [2.05, 4.69) is 0 Å². The zero-order chi connectivity index (χ0) is 12.1. The molecule has 3 fully saturated rings. The molecule has 0 amide bonds. The van der Waals surface area contributed by atoms with Gasteiger partial charge in [0.25, 0.3) is 0 Å². The molecule has 17 heavy (non-hydrogen) atoms. The second-order valence-electron chi connectivity index (χ2n) is 6.41. The summed E-state index contributed by atoms with van der Waals surface area (Å²) in [4.78, 5) is 0. The Morgan fingerprint density at radius 1 is 1.06 bits per heavy atom. The predicted molar refractivity (Wildman–Crippen MR) is 68.2 cm³/mol. The van der Waals surface area contributed by atoms with Crippen molar-refractivity contribution in [2.45, 2.75) is 56.6 Å². The molecule has 1 unspecified atom stereocenters. The van der Waals surface area contributed by atoms with Crippen molar-refractivity contribution in [2.75, 3.05) is 13.1 Å². The van der Waals surface area contributed by atoms with Crippen LogP contribution in [-0.2, 0) is 10.0 Å². The van der Waals surface area contributed by atoms with Crippen LogP contribution in [0.25, 0.3) is 0 Å². The third kappa shape index (κ3) is 1.93. The Morgan fingerprint density at radius 3 is 2.29 bits per heavy atom. The highest BCUT2D eigenvalue weighted by atomic mass is 32.2. The van der Waals surface area contributed by atoms with Crippen LogP contribution in [0.3, 0.4) is 0 Å². The van der Waals surface area contributed by atoms with Gasteiger partial charge >= 0.3 is 0 Å². The first-order valence-corrected chi connectivity index (χ1v) is 8.47. The van der Waals surface area contributed by atoms with E-state index >= 15 is 0 Å². The molecule has 0 bridgehead atoms. The van der Waals surface area contributed by atoms with E-state index in [0.29, 0.717) is 5.92 Å². The molecule has 1 atom stereocenters. The van der Waals surface area contributed by atoms with Gasteiger partial charge in [-0.15, -0.1) is 0 Å². The van der Waals surface area contributed by atoms with Crippen LogP contribution in [0, 0.1) is 11.8 Å². The first kappa shape index (κ1) is 12.0. The van der Waals surface area contributed by atoms with Crippen molar-refractivity contribution < 1.29 is 8.42 Å². The second-order valence-corrected chi connectivity index (χ2v) is 8.86. The summed E-state index contributed by atoms with van der Waals surface area (Å²) < 4.78 is 26.2. The Hall–Kier alpha value is -0.0900. The van der Waals surface area contributed by atoms with Gasteiger partial charge in [0.15, 0.2) is 0 Å². The average Bonchev–Trinajstić information content (AvgIpc) is 2.81. The summed E-state index contributed by atoms with van der Waals surface area (Å²) in [6.07, 6.45) is 8.18. The van der Waals surface area contributed by atoms with Gasteiger partial charge in [0.2, 0.25) is 10.0 Å². The zero-order valence-corrected chi connectivity index (χ0v) is 11.5. The second kappa shape index (κ2) is 3.95. The lowest BCUT2D eigenvalue weighted by molar-refractivity contribution is 0.346. The number of nitrogens with zero attached hydrogens (tertiary/aromatic N) is 1. The fourth-order valence-corrected chi connectivity index (χ4v) is 5.51. The molecule has 1 aliphatic heterocycles. The molecule has 3 aliphatic rings. The molecule has 3 rings (SSSR count). The first-order chi connectivity index (χ1) is 8.03. The third-order valence-electron chi connectivity index (χ3n) is 5.17. The van der Waals surface area contributed by atoms with E-state index in [0.717, 1.165) is 38.3 Å². The number of hydrogen-bond donors (Lipinski definition) is 0. The van der Waals surface area contributed by atoms with Gasteiger partial charge in [-0.05, 0) is 38.0 Å². The Bertz CT molecular complexity index is 394. The van der Waals surface area contributed by atoms with E-state index in [1.54, 1.807) is 4.31 Å². The minimum Gasteiger partial charge on any atom is -0.212 e. The van der Waals surface area contributed by atoms with E-state index in [4.69, 9.17) is 0 Å². The molecule has 3 nitrogen and oxygen atoms in total. The van der Waals surface area contributed by atoms with Crippen molar-refractivity contribution in [1.29, 1.82) is 0 Å². The fourth-order valence-electron chi connectivity index (χ4n) is 3.53. The summed E-state index contributed by atoms with van der Waals surface area (Å²) in [5, 5.41) is 0. The summed E-state index contributed by atoms with van der Waals surface area (Å²) >= 11 is 0. The number of hydrogen-bond acceptors (Lipinski definition) is 2. The maximum Gasteiger partial charge on any atom is 0.219 e. The van der Waals surface area contributed by atoms with Crippen LogP contribution in [0.1, 0.15) is 51.9 Å². The van der Waals surface area contributed by atoms with E-state index < -0.39 is 14.8 Å². The molecule has 2 aliphatic carbocycles. The third-order valence-corrected chi connectivity index (χ3v) is 7.84. The summed E-state index contributed by atoms with van der Waals surface area (Å²) in [5.74, 6) is 1.46. The van der Waals surface area contributed by atoms with Gasteiger partial charge in [-0.3, -0.25) is 0 Å². The lowest BCUT2D eigenvalue weighted by Crippen LogP contribution is -2.37. The Kier molecular flexibility index (Phi) is 2.78. The molecule has 1 saturated heterocycles. The van der Waals surface area contributed by atoms with Crippen molar-refractivity contribution in [1.82, 2.24) is 4.31 Å². The summed E-state index contributed by atoms with van der Waals surface area (Å²) in [5.41, 5.74) is 0. The average molecular weight is 257 g/mol. The van der Waals surface area contributed by atoms with Gasteiger partial charge in [0.05, 0.1) is 4.75 Å². The van der Waals surface area contributed by atoms with E-state index in [1.165, 1.54) is 25.7 Å². The van der Waals surface area contributed by atoms with Gasteiger partial charge in [0, 0.05) is 13.1 Å². The van der Waals surface area contributed by atoms with Crippen molar-refractivity contribution in [3.05, 3.63) is 0 Å². The van der Waals surface area contributed by atoms with Crippen molar-refractivity contribution in [3.63, 3.8) is 0 Å². The smallest absolute Gasteiger partial charge is 0.212 e. The minimum atomic E-state index is -2.99.